The van der Waals surface area contributed by atoms with E-state index in [1.54, 1.807) is 0 Å². The number of aryl methyl sites for hydroxylation is 1. The quantitative estimate of drug-likeness (QED) is 0.848. The van der Waals surface area contributed by atoms with E-state index in [2.05, 4.69) is 0 Å². The largest absolute Gasteiger partial charge is 0.321 e. The Morgan fingerprint density at radius 3 is 2.19 bits per heavy atom. The van der Waals surface area contributed by atoms with Crippen molar-refractivity contribution < 1.29 is 4.79 Å². The third kappa shape index (κ3) is 3.46. The molecule has 2 nitrogen and oxygen atoms in total. The maximum Gasteiger partial charge on any atom is 0.155 e. The molecule has 1 aromatic rings. The van der Waals surface area contributed by atoms with Gasteiger partial charge in [-0.15, -0.1) is 0 Å². The van der Waals surface area contributed by atoms with Crippen molar-refractivity contribution in [1.82, 2.24) is 0 Å². The molecule has 1 atom stereocenters. The van der Waals surface area contributed by atoms with Gasteiger partial charge < -0.3 is 5.73 Å². The minimum absolute atomic E-state index is 0.119. The minimum atomic E-state index is -0.400. The smallest absolute Gasteiger partial charge is 0.155 e. The van der Waals surface area contributed by atoms with Crippen LogP contribution in [0, 0.1) is 12.3 Å². The van der Waals surface area contributed by atoms with Crippen LogP contribution in [0.2, 0.25) is 0 Å². The predicted molar refractivity (Wildman–Crippen MR) is 67.3 cm³/mol. The van der Waals surface area contributed by atoms with Gasteiger partial charge in [0.2, 0.25) is 0 Å². The van der Waals surface area contributed by atoms with Crippen molar-refractivity contribution in [2.75, 3.05) is 0 Å². The van der Waals surface area contributed by atoms with Crippen LogP contribution in [-0.2, 0) is 11.2 Å². The summed E-state index contributed by atoms with van der Waals surface area (Å²) in [6, 6.07) is 7.76. The summed E-state index contributed by atoms with van der Waals surface area (Å²) >= 11 is 0. The normalized spacial score (nSPS) is 13.6. The van der Waals surface area contributed by atoms with Crippen LogP contribution in [0.25, 0.3) is 0 Å². The zero-order valence-electron chi connectivity index (χ0n) is 10.6. The van der Waals surface area contributed by atoms with Crippen LogP contribution in [-0.4, -0.2) is 11.8 Å². The van der Waals surface area contributed by atoms with Crippen LogP contribution in [0.3, 0.4) is 0 Å². The van der Waals surface area contributed by atoms with E-state index >= 15 is 0 Å². The fourth-order valence-corrected chi connectivity index (χ4v) is 1.63. The van der Waals surface area contributed by atoms with Gasteiger partial charge in [-0.3, -0.25) is 4.79 Å². The molecule has 0 fully saturated rings. The van der Waals surface area contributed by atoms with E-state index in [4.69, 9.17) is 5.73 Å². The number of nitrogens with two attached hydrogens (primary N) is 1. The van der Waals surface area contributed by atoms with Gasteiger partial charge in [0.05, 0.1) is 6.04 Å². The highest BCUT2D eigenvalue weighted by Crippen LogP contribution is 2.18. The molecule has 0 heterocycles. The molecule has 1 unspecified atom stereocenters. The average molecular weight is 219 g/mol. The van der Waals surface area contributed by atoms with Gasteiger partial charge in [0.15, 0.2) is 5.78 Å². The molecular formula is C14H21NO. The zero-order chi connectivity index (χ0) is 12.3. The Hall–Kier alpha value is -1.15. The third-order valence-corrected chi connectivity index (χ3v) is 2.65. The van der Waals surface area contributed by atoms with E-state index < -0.39 is 6.04 Å². The Kier molecular flexibility index (Phi) is 3.87. The van der Waals surface area contributed by atoms with Crippen molar-refractivity contribution >= 4 is 5.78 Å². The van der Waals surface area contributed by atoms with Gasteiger partial charge in [-0.25, -0.2) is 0 Å². The first-order valence-corrected chi connectivity index (χ1v) is 5.66. The molecule has 0 spiro atoms. The monoisotopic (exact) mass is 219 g/mol. The molecule has 0 radical (unpaired) electrons. The molecule has 2 heteroatoms. The Bertz CT molecular complexity index is 359. The molecule has 0 saturated heterocycles. The summed E-state index contributed by atoms with van der Waals surface area (Å²) in [5.41, 5.74) is 7.91. The van der Waals surface area contributed by atoms with E-state index in [0.717, 1.165) is 5.56 Å². The second-order valence-corrected chi connectivity index (χ2v) is 5.41. The fourth-order valence-electron chi connectivity index (χ4n) is 1.63. The van der Waals surface area contributed by atoms with Gasteiger partial charge in [-0.2, -0.15) is 0 Å². The van der Waals surface area contributed by atoms with Gasteiger partial charge in [0.25, 0.3) is 0 Å². The second-order valence-electron chi connectivity index (χ2n) is 5.41. The first-order valence-electron chi connectivity index (χ1n) is 5.66. The summed E-state index contributed by atoms with van der Waals surface area (Å²) in [4.78, 5) is 11.9. The summed E-state index contributed by atoms with van der Waals surface area (Å²) in [6.07, 6.45) is 0.621. The number of rotatable bonds is 3. The van der Waals surface area contributed by atoms with E-state index in [1.807, 2.05) is 52.0 Å². The number of hydrogen-bond acceptors (Lipinski definition) is 2. The lowest BCUT2D eigenvalue weighted by atomic mass is 9.84. The Morgan fingerprint density at radius 1 is 1.25 bits per heavy atom. The minimum Gasteiger partial charge on any atom is -0.321 e. The lowest BCUT2D eigenvalue weighted by Gasteiger charge is -2.21. The standard InChI is InChI=1S/C14H21NO/c1-10-5-7-11(8-6-10)9-12(15)13(16)14(2,3)4/h5-8,12H,9,15H2,1-4H3. The summed E-state index contributed by atoms with van der Waals surface area (Å²) in [5, 5.41) is 0. The number of hydrogen-bond donors (Lipinski definition) is 1. The Labute approximate surface area is 97.9 Å². The molecule has 16 heavy (non-hydrogen) atoms. The van der Waals surface area contributed by atoms with Gasteiger partial charge in [0, 0.05) is 5.41 Å². The SMILES string of the molecule is Cc1ccc(CC(N)C(=O)C(C)(C)C)cc1. The molecule has 1 rings (SSSR count). The maximum atomic E-state index is 11.9. The molecule has 0 aliphatic carbocycles. The van der Waals surface area contributed by atoms with E-state index in [1.165, 1.54) is 5.56 Å². The highest BCUT2D eigenvalue weighted by Gasteiger charge is 2.26. The van der Waals surface area contributed by atoms with E-state index in [0.29, 0.717) is 6.42 Å². The molecule has 2 N–H and O–H groups in total. The molecule has 0 aliphatic rings. The van der Waals surface area contributed by atoms with Crippen molar-refractivity contribution in [3.05, 3.63) is 35.4 Å². The van der Waals surface area contributed by atoms with Crippen LogP contribution in [0.5, 0.6) is 0 Å². The lowest BCUT2D eigenvalue weighted by Crippen LogP contribution is -2.40. The summed E-state index contributed by atoms with van der Waals surface area (Å²) in [7, 11) is 0. The molecular weight excluding hydrogens is 198 g/mol. The van der Waals surface area contributed by atoms with E-state index in [-0.39, 0.29) is 11.2 Å². The van der Waals surface area contributed by atoms with Crippen molar-refractivity contribution in [2.24, 2.45) is 11.1 Å². The number of Topliss-reactive ketones (excluding diaryl/α,β-unsaturated/α-hetero) is 1. The van der Waals surface area contributed by atoms with Gasteiger partial charge >= 0.3 is 0 Å². The third-order valence-electron chi connectivity index (χ3n) is 2.65. The van der Waals surface area contributed by atoms with Crippen molar-refractivity contribution in [3.63, 3.8) is 0 Å². The molecule has 0 aliphatic heterocycles. The summed E-state index contributed by atoms with van der Waals surface area (Å²) in [6.45, 7) is 7.77. The van der Waals surface area contributed by atoms with E-state index in [9.17, 15) is 4.79 Å². The Balaban J connectivity index is 2.68. The van der Waals surface area contributed by atoms with Crippen molar-refractivity contribution in [2.45, 2.75) is 40.2 Å². The zero-order valence-corrected chi connectivity index (χ0v) is 10.6. The highest BCUT2D eigenvalue weighted by atomic mass is 16.1. The van der Waals surface area contributed by atoms with Crippen LogP contribution in [0.1, 0.15) is 31.9 Å². The second kappa shape index (κ2) is 4.79. The first kappa shape index (κ1) is 12.9. The Morgan fingerprint density at radius 2 is 1.75 bits per heavy atom. The van der Waals surface area contributed by atoms with Gasteiger partial charge in [-0.1, -0.05) is 50.6 Å². The van der Waals surface area contributed by atoms with Crippen LogP contribution < -0.4 is 5.73 Å². The number of ketones is 1. The molecule has 0 saturated carbocycles. The average Bonchev–Trinajstić information content (AvgIpc) is 2.19. The number of benzene rings is 1. The summed E-state index contributed by atoms with van der Waals surface area (Å²) in [5.74, 6) is 0.119. The highest BCUT2D eigenvalue weighted by molar-refractivity contribution is 5.88. The topological polar surface area (TPSA) is 43.1 Å². The molecule has 88 valence electrons. The van der Waals surface area contributed by atoms with Crippen molar-refractivity contribution in [1.29, 1.82) is 0 Å². The lowest BCUT2D eigenvalue weighted by molar-refractivity contribution is -0.127. The molecule has 0 amide bonds. The van der Waals surface area contributed by atoms with Crippen LogP contribution in [0.15, 0.2) is 24.3 Å². The summed E-state index contributed by atoms with van der Waals surface area (Å²) < 4.78 is 0. The molecule has 1 aromatic carbocycles. The molecule has 0 bridgehead atoms. The van der Waals surface area contributed by atoms with Crippen molar-refractivity contribution in [3.8, 4) is 0 Å². The van der Waals surface area contributed by atoms with Gasteiger partial charge in [-0.05, 0) is 18.9 Å². The van der Waals surface area contributed by atoms with Crippen LogP contribution in [0.4, 0.5) is 0 Å². The first-order chi connectivity index (χ1) is 7.30. The van der Waals surface area contributed by atoms with Gasteiger partial charge in [0.1, 0.15) is 0 Å². The number of carbonyl (C=O) groups excluding carboxylic acids is 1. The maximum absolute atomic E-state index is 11.9. The predicted octanol–water partition coefficient (Wildman–Crippen LogP) is 2.48. The molecule has 0 aromatic heterocycles. The fraction of sp³-hybridized carbons (Fsp3) is 0.500. The van der Waals surface area contributed by atoms with Crippen LogP contribution >= 0.6 is 0 Å². The number of carbonyl (C=O) groups is 1.